The number of hydrogen-bond donors (Lipinski definition) is 0. The highest BCUT2D eigenvalue weighted by molar-refractivity contribution is 5.55. The number of aromatic nitrogens is 2. The van der Waals surface area contributed by atoms with E-state index in [1.165, 1.54) is 30.3 Å². The fourth-order valence-corrected chi connectivity index (χ4v) is 2.04. The first-order valence-corrected chi connectivity index (χ1v) is 4.87. The molecular formula is C11H12N2. The summed E-state index contributed by atoms with van der Waals surface area (Å²) in [6.45, 7) is 0. The van der Waals surface area contributed by atoms with Crippen molar-refractivity contribution in [1.82, 2.24) is 9.61 Å². The molecule has 0 unspecified atom stereocenters. The average molecular weight is 172 g/mol. The molecule has 0 radical (unpaired) electrons. The second kappa shape index (κ2) is 2.59. The van der Waals surface area contributed by atoms with E-state index in [-0.39, 0.29) is 0 Å². The third kappa shape index (κ3) is 0.981. The molecule has 0 aromatic carbocycles. The van der Waals surface area contributed by atoms with Crippen molar-refractivity contribution in [2.45, 2.75) is 25.2 Å². The molecule has 0 amide bonds. The summed E-state index contributed by atoms with van der Waals surface area (Å²) in [5.41, 5.74) is 2.76. The zero-order valence-corrected chi connectivity index (χ0v) is 7.48. The molecule has 0 bridgehead atoms. The maximum Gasteiger partial charge on any atom is 0.0696 e. The molecule has 13 heavy (non-hydrogen) atoms. The maximum absolute atomic E-state index is 4.24. The Kier molecular flexibility index (Phi) is 1.42. The summed E-state index contributed by atoms with van der Waals surface area (Å²) >= 11 is 0. The van der Waals surface area contributed by atoms with E-state index in [9.17, 15) is 0 Å². The highest BCUT2D eigenvalue weighted by atomic mass is 15.2. The lowest BCUT2D eigenvalue weighted by Gasteiger charge is -2.26. The van der Waals surface area contributed by atoms with E-state index in [1.807, 2.05) is 16.9 Å². The Bertz CT molecular complexity index is 426. The third-order valence-electron chi connectivity index (χ3n) is 3.01. The minimum Gasteiger partial charge on any atom is -0.241 e. The second-order valence-electron chi connectivity index (χ2n) is 3.75. The molecule has 66 valence electrons. The topological polar surface area (TPSA) is 17.3 Å². The van der Waals surface area contributed by atoms with Crippen LogP contribution in [0.4, 0.5) is 0 Å². The van der Waals surface area contributed by atoms with E-state index in [4.69, 9.17) is 0 Å². The minimum atomic E-state index is 0.792. The van der Waals surface area contributed by atoms with E-state index < -0.39 is 0 Å². The van der Waals surface area contributed by atoms with Gasteiger partial charge in [0.15, 0.2) is 0 Å². The van der Waals surface area contributed by atoms with Gasteiger partial charge < -0.3 is 0 Å². The molecule has 1 aliphatic rings. The Balaban J connectivity index is 2.20. The molecule has 0 N–H and O–H groups in total. The molecule has 0 spiro atoms. The van der Waals surface area contributed by atoms with E-state index in [0.29, 0.717) is 0 Å². The lowest BCUT2D eigenvalue weighted by atomic mass is 9.80. The first-order chi connectivity index (χ1) is 6.45. The Labute approximate surface area is 77.2 Å². The van der Waals surface area contributed by atoms with Crippen LogP contribution >= 0.6 is 0 Å². The van der Waals surface area contributed by atoms with Gasteiger partial charge in [-0.15, -0.1) is 0 Å². The van der Waals surface area contributed by atoms with Crippen LogP contribution < -0.4 is 0 Å². The fraction of sp³-hybridized carbons (Fsp3) is 0.364. The molecule has 2 heteroatoms. The van der Waals surface area contributed by atoms with E-state index in [0.717, 1.165) is 5.92 Å². The van der Waals surface area contributed by atoms with Crippen LogP contribution in [-0.4, -0.2) is 9.61 Å². The fourth-order valence-electron chi connectivity index (χ4n) is 2.04. The predicted molar refractivity (Wildman–Crippen MR) is 51.8 cm³/mol. The van der Waals surface area contributed by atoms with Gasteiger partial charge in [0.2, 0.25) is 0 Å². The predicted octanol–water partition coefficient (Wildman–Crippen LogP) is 2.60. The van der Waals surface area contributed by atoms with Gasteiger partial charge in [0.1, 0.15) is 0 Å². The maximum atomic E-state index is 4.24. The van der Waals surface area contributed by atoms with Crippen molar-refractivity contribution < 1.29 is 0 Å². The molecule has 2 aromatic rings. The average Bonchev–Trinajstić information content (AvgIpc) is 2.49. The standard InChI is InChI=1S/C11H12N2/c1-3-9(4-1)10-5-2-8-13-11(10)6-7-12-13/h2,5-9H,1,3-4H2. The minimum absolute atomic E-state index is 0.792. The number of nitrogens with zero attached hydrogens (tertiary/aromatic N) is 2. The van der Waals surface area contributed by atoms with Gasteiger partial charge in [-0.3, -0.25) is 0 Å². The number of fused-ring (bicyclic) bond motifs is 1. The largest absolute Gasteiger partial charge is 0.241 e. The van der Waals surface area contributed by atoms with Gasteiger partial charge in [0, 0.05) is 12.4 Å². The van der Waals surface area contributed by atoms with Crippen molar-refractivity contribution in [3.8, 4) is 0 Å². The van der Waals surface area contributed by atoms with Gasteiger partial charge in [-0.05, 0) is 36.5 Å². The van der Waals surface area contributed by atoms with Gasteiger partial charge in [-0.2, -0.15) is 5.10 Å². The van der Waals surface area contributed by atoms with Gasteiger partial charge >= 0.3 is 0 Å². The molecule has 2 nitrogen and oxygen atoms in total. The van der Waals surface area contributed by atoms with Crippen LogP contribution in [0.1, 0.15) is 30.7 Å². The highest BCUT2D eigenvalue weighted by Crippen LogP contribution is 2.37. The van der Waals surface area contributed by atoms with Crippen LogP contribution in [0.3, 0.4) is 0 Å². The Hall–Kier alpha value is -1.31. The van der Waals surface area contributed by atoms with Crippen LogP contribution in [0.25, 0.3) is 5.52 Å². The monoisotopic (exact) mass is 172 g/mol. The van der Waals surface area contributed by atoms with Gasteiger partial charge in [-0.1, -0.05) is 12.5 Å². The smallest absolute Gasteiger partial charge is 0.0696 e. The van der Waals surface area contributed by atoms with Crippen LogP contribution in [0.15, 0.2) is 30.6 Å². The van der Waals surface area contributed by atoms with Crippen LogP contribution in [-0.2, 0) is 0 Å². The Morgan fingerprint density at radius 1 is 1.31 bits per heavy atom. The molecule has 0 aliphatic heterocycles. The first kappa shape index (κ1) is 7.13. The normalized spacial score (nSPS) is 17.5. The number of rotatable bonds is 1. The number of pyridine rings is 1. The van der Waals surface area contributed by atoms with Crippen LogP contribution in [0, 0.1) is 0 Å². The van der Waals surface area contributed by atoms with Gasteiger partial charge in [0.05, 0.1) is 5.52 Å². The molecular weight excluding hydrogens is 160 g/mol. The summed E-state index contributed by atoms with van der Waals surface area (Å²) in [6.07, 6.45) is 7.98. The lowest BCUT2D eigenvalue weighted by molar-refractivity contribution is 0.421. The Morgan fingerprint density at radius 2 is 2.23 bits per heavy atom. The summed E-state index contributed by atoms with van der Waals surface area (Å²) in [4.78, 5) is 0. The molecule has 1 saturated carbocycles. The van der Waals surface area contributed by atoms with Crippen molar-refractivity contribution in [1.29, 1.82) is 0 Å². The van der Waals surface area contributed by atoms with Crippen LogP contribution in [0.2, 0.25) is 0 Å². The van der Waals surface area contributed by atoms with Crippen molar-refractivity contribution in [3.63, 3.8) is 0 Å². The zero-order valence-electron chi connectivity index (χ0n) is 7.48. The first-order valence-electron chi connectivity index (χ1n) is 4.87. The summed E-state index contributed by atoms with van der Waals surface area (Å²) < 4.78 is 1.97. The summed E-state index contributed by atoms with van der Waals surface area (Å²) in [6, 6.07) is 6.43. The quantitative estimate of drug-likeness (QED) is 0.646. The van der Waals surface area contributed by atoms with E-state index in [2.05, 4.69) is 23.3 Å². The van der Waals surface area contributed by atoms with Crippen LogP contribution in [0.5, 0.6) is 0 Å². The van der Waals surface area contributed by atoms with Gasteiger partial charge in [0.25, 0.3) is 0 Å². The molecule has 1 aliphatic carbocycles. The molecule has 2 aromatic heterocycles. The van der Waals surface area contributed by atoms with Crippen molar-refractivity contribution >= 4 is 5.52 Å². The van der Waals surface area contributed by atoms with Crippen molar-refractivity contribution in [2.24, 2.45) is 0 Å². The molecule has 0 atom stereocenters. The van der Waals surface area contributed by atoms with E-state index in [1.54, 1.807) is 0 Å². The number of hydrogen-bond acceptors (Lipinski definition) is 1. The molecule has 0 saturated heterocycles. The summed E-state index contributed by atoms with van der Waals surface area (Å²) in [5, 5.41) is 4.24. The van der Waals surface area contributed by atoms with E-state index >= 15 is 0 Å². The summed E-state index contributed by atoms with van der Waals surface area (Å²) in [5.74, 6) is 0.792. The van der Waals surface area contributed by atoms with Crippen molar-refractivity contribution in [3.05, 3.63) is 36.2 Å². The van der Waals surface area contributed by atoms with Gasteiger partial charge in [-0.25, -0.2) is 4.52 Å². The Morgan fingerprint density at radius 3 is 3.00 bits per heavy atom. The molecule has 3 rings (SSSR count). The molecule has 2 heterocycles. The lowest BCUT2D eigenvalue weighted by Crippen LogP contribution is -2.09. The molecule has 1 fully saturated rings. The SMILES string of the molecule is c1cc(C2CCC2)c2ccnn2c1. The zero-order chi connectivity index (χ0) is 8.67. The highest BCUT2D eigenvalue weighted by Gasteiger charge is 2.21. The van der Waals surface area contributed by atoms with Crippen molar-refractivity contribution in [2.75, 3.05) is 0 Å². The summed E-state index contributed by atoms with van der Waals surface area (Å²) in [7, 11) is 0. The third-order valence-corrected chi connectivity index (χ3v) is 3.01. The second-order valence-corrected chi connectivity index (χ2v) is 3.75.